The first-order valence-corrected chi connectivity index (χ1v) is 4.92. The zero-order valence-corrected chi connectivity index (χ0v) is 9.65. The van der Waals surface area contributed by atoms with Gasteiger partial charge in [0.2, 0.25) is 0 Å². The number of hydrogen-bond acceptors (Lipinski definition) is 3. The van der Waals surface area contributed by atoms with Gasteiger partial charge >= 0.3 is 0 Å². The third-order valence-electron chi connectivity index (χ3n) is 2.29. The van der Waals surface area contributed by atoms with Gasteiger partial charge in [-0.25, -0.2) is 5.06 Å². The Morgan fingerprint density at radius 2 is 2.33 bits per heavy atom. The Balaban J connectivity index is 2.68. The first-order chi connectivity index (χ1) is 7.08. The quantitative estimate of drug-likeness (QED) is 0.691. The maximum atomic E-state index is 11.5. The summed E-state index contributed by atoms with van der Waals surface area (Å²) in [6.07, 6.45) is 0.276. The van der Waals surface area contributed by atoms with E-state index in [-0.39, 0.29) is 12.3 Å². The van der Waals surface area contributed by atoms with Gasteiger partial charge in [-0.3, -0.25) is 14.3 Å². The van der Waals surface area contributed by atoms with Crippen molar-refractivity contribution in [3.63, 3.8) is 0 Å². The topological polar surface area (TPSA) is 47.4 Å². The minimum Gasteiger partial charge on any atom is -0.275 e. The molecule has 15 heavy (non-hydrogen) atoms. The van der Waals surface area contributed by atoms with Gasteiger partial charge in [-0.1, -0.05) is 0 Å². The average molecular weight is 211 g/mol. The molecule has 0 bridgehead atoms. The highest BCUT2D eigenvalue weighted by molar-refractivity contribution is 5.77. The van der Waals surface area contributed by atoms with Crippen molar-refractivity contribution in [2.45, 2.75) is 26.8 Å². The van der Waals surface area contributed by atoms with Gasteiger partial charge in [-0.2, -0.15) is 5.10 Å². The molecule has 0 aromatic carbocycles. The molecule has 0 unspecified atom stereocenters. The highest BCUT2D eigenvalue weighted by Crippen LogP contribution is 2.05. The minimum absolute atomic E-state index is 0.0988. The van der Waals surface area contributed by atoms with E-state index < -0.39 is 0 Å². The van der Waals surface area contributed by atoms with Crippen LogP contribution in [0.2, 0.25) is 0 Å². The number of hydrogen-bond donors (Lipinski definition) is 0. The molecule has 1 aromatic rings. The van der Waals surface area contributed by atoms with Crippen molar-refractivity contribution >= 4 is 5.91 Å². The number of amides is 1. The van der Waals surface area contributed by atoms with E-state index in [9.17, 15) is 4.79 Å². The minimum atomic E-state index is -0.0988. The number of aromatic nitrogens is 2. The van der Waals surface area contributed by atoms with E-state index in [0.29, 0.717) is 0 Å². The maximum absolute atomic E-state index is 11.5. The Kier molecular flexibility index (Phi) is 3.85. The van der Waals surface area contributed by atoms with E-state index >= 15 is 0 Å². The maximum Gasteiger partial charge on any atom is 0.251 e. The van der Waals surface area contributed by atoms with E-state index in [1.54, 1.807) is 7.05 Å². The number of rotatable bonds is 4. The van der Waals surface area contributed by atoms with Gasteiger partial charge in [-0.15, -0.1) is 0 Å². The van der Waals surface area contributed by atoms with Crippen molar-refractivity contribution in [3.8, 4) is 0 Å². The zero-order valence-electron chi connectivity index (χ0n) is 9.65. The highest BCUT2D eigenvalue weighted by atomic mass is 16.7. The molecule has 0 fully saturated rings. The van der Waals surface area contributed by atoms with Crippen molar-refractivity contribution < 1.29 is 9.63 Å². The lowest BCUT2D eigenvalue weighted by molar-refractivity contribution is -0.167. The van der Waals surface area contributed by atoms with Gasteiger partial charge in [0.1, 0.15) is 0 Å². The number of nitrogens with zero attached hydrogens (tertiary/aromatic N) is 3. The Morgan fingerprint density at radius 3 is 2.80 bits per heavy atom. The van der Waals surface area contributed by atoms with Crippen LogP contribution in [-0.2, 0) is 22.6 Å². The molecule has 1 rings (SSSR count). The van der Waals surface area contributed by atoms with E-state index in [1.807, 2.05) is 24.6 Å². The summed E-state index contributed by atoms with van der Waals surface area (Å²) in [5, 5.41) is 5.51. The molecule has 5 heteroatoms. The van der Waals surface area contributed by atoms with Crippen LogP contribution in [0.5, 0.6) is 0 Å². The second-order valence-electron chi connectivity index (χ2n) is 3.34. The molecule has 84 valence electrons. The molecule has 0 radical (unpaired) electrons. The molecule has 0 saturated carbocycles. The highest BCUT2D eigenvalue weighted by Gasteiger charge is 2.12. The lowest BCUT2D eigenvalue weighted by Crippen LogP contribution is -2.27. The number of likely N-dealkylation sites (N-methyl/N-ethyl adjacent to an activating group) is 1. The van der Waals surface area contributed by atoms with Crippen LogP contribution in [0.4, 0.5) is 0 Å². The van der Waals surface area contributed by atoms with Gasteiger partial charge in [0.05, 0.1) is 19.2 Å². The van der Waals surface area contributed by atoms with Crippen molar-refractivity contribution in [1.82, 2.24) is 14.8 Å². The van der Waals surface area contributed by atoms with E-state index in [0.717, 1.165) is 17.9 Å². The van der Waals surface area contributed by atoms with Crippen LogP contribution in [0.3, 0.4) is 0 Å². The fourth-order valence-electron chi connectivity index (χ4n) is 1.35. The first-order valence-electron chi connectivity index (χ1n) is 4.92. The molecule has 0 aliphatic rings. The fraction of sp³-hybridized carbons (Fsp3) is 0.600. The molecular formula is C10H17N3O2. The summed E-state index contributed by atoms with van der Waals surface area (Å²) in [6.45, 7) is 4.82. The summed E-state index contributed by atoms with van der Waals surface area (Å²) in [4.78, 5) is 16.3. The average Bonchev–Trinajstić information content (AvgIpc) is 2.57. The van der Waals surface area contributed by atoms with Crippen LogP contribution in [0.15, 0.2) is 6.07 Å². The molecule has 5 nitrogen and oxygen atoms in total. The lowest BCUT2D eigenvalue weighted by Gasteiger charge is -2.12. The largest absolute Gasteiger partial charge is 0.275 e. The molecule has 1 aromatic heterocycles. The van der Waals surface area contributed by atoms with Gasteiger partial charge in [0, 0.05) is 19.3 Å². The van der Waals surface area contributed by atoms with Crippen molar-refractivity contribution in [1.29, 1.82) is 0 Å². The normalized spacial score (nSPS) is 10.4. The van der Waals surface area contributed by atoms with Crippen molar-refractivity contribution in [3.05, 3.63) is 17.5 Å². The molecule has 0 atom stereocenters. The molecule has 0 spiro atoms. The Morgan fingerprint density at radius 1 is 1.67 bits per heavy atom. The molecular weight excluding hydrogens is 194 g/mol. The molecule has 1 heterocycles. The van der Waals surface area contributed by atoms with Crippen LogP contribution < -0.4 is 0 Å². The molecule has 0 aliphatic heterocycles. The number of aryl methyl sites for hydroxylation is 2. The standard InChI is InChI=1S/C10H17N3O2/c1-5-13-8(2)6-9(11-13)7-10(14)12(3)15-4/h6H,5,7H2,1-4H3. The summed E-state index contributed by atoms with van der Waals surface area (Å²) in [5.74, 6) is -0.0988. The molecule has 0 saturated heterocycles. The second kappa shape index (κ2) is 4.93. The summed E-state index contributed by atoms with van der Waals surface area (Å²) >= 11 is 0. The van der Waals surface area contributed by atoms with Crippen LogP contribution in [0.25, 0.3) is 0 Å². The van der Waals surface area contributed by atoms with Crippen LogP contribution in [0.1, 0.15) is 18.3 Å². The van der Waals surface area contributed by atoms with Crippen molar-refractivity contribution in [2.24, 2.45) is 0 Å². The Bertz CT molecular complexity index is 346. The van der Waals surface area contributed by atoms with Crippen molar-refractivity contribution in [2.75, 3.05) is 14.2 Å². The van der Waals surface area contributed by atoms with Crippen LogP contribution in [-0.4, -0.2) is 34.9 Å². The monoisotopic (exact) mass is 211 g/mol. The smallest absolute Gasteiger partial charge is 0.251 e. The predicted octanol–water partition coefficient (Wildman–Crippen LogP) is 0.774. The summed E-state index contributed by atoms with van der Waals surface area (Å²) in [6, 6.07) is 1.92. The number of hydroxylamine groups is 2. The third-order valence-corrected chi connectivity index (χ3v) is 2.29. The van der Waals surface area contributed by atoms with Crippen LogP contribution >= 0.6 is 0 Å². The fourth-order valence-corrected chi connectivity index (χ4v) is 1.35. The summed E-state index contributed by atoms with van der Waals surface area (Å²) in [7, 11) is 3.06. The first kappa shape index (κ1) is 11.7. The van der Waals surface area contributed by atoms with Gasteiger partial charge in [-0.05, 0) is 19.9 Å². The third kappa shape index (κ3) is 2.79. The predicted molar refractivity (Wildman–Crippen MR) is 56.1 cm³/mol. The zero-order chi connectivity index (χ0) is 11.4. The van der Waals surface area contributed by atoms with Gasteiger partial charge < -0.3 is 0 Å². The lowest BCUT2D eigenvalue weighted by atomic mass is 10.3. The van der Waals surface area contributed by atoms with Crippen LogP contribution in [0, 0.1) is 6.92 Å². The molecule has 0 aliphatic carbocycles. The molecule has 0 N–H and O–H groups in total. The van der Waals surface area contributed by atoms with E-state index in [2.05, 4.69) is 5.10 Å². The Labute approximate surface area is 89.6 Å². The number of carbonyl (C=O) groups is 1. The molecule has 1 amide bonds. The number of carbonyl (C=O) groups excluding carboxylic acids is 1. The SMILES string of the molecule is CCn1nc(CC(=O)N(C)OC)cc1C. The Hall–Kier alpha value is -1.36. The summed E-state index contributed by atoms with van der Waals surface area (Å²) < 4.78 is 1.87. The second-order valence-corrected chi connectivity index (χ2v) is 3.34. The summed E-state index contributed by atoms with van der Waals surface area (Å²) in [5.41, 5.74) is 1.85. The van der Waals surface area contributed by atoms with E-state index in [4.69, 9.17) is 4.84 Å². The van der Waals surface area contributed by atoms with E-state index in [1.165, 1.54) is 12.2 Å². The van der Waals surface area contributed by atoms with Gasteiger partial charge in [0.25, 0.3) is 5.91 Å². The van der Waals surface area contributed by atoms with Gasteiger partial charge in [0.15, 0.2) is 0 Å².